The van der Waals surface area contributed by atoms with E-state index in [1.807, 2.05) is 67.6 Å². The van der Waals surface area contributed by atoms with Gasteiger partial charge >= 0.3 is 0 Å². The summed E-state index contributed by atoms with van der Waals surface area (Å²) in [6.07, 6.45) is 2.98. The Labute approximate surface area is 353 Å². The maximum atomic E-state index is 11.9. The molecule has 0 amide bonds. The third-order valence-electron chi connectivity index (χ3n) is 6.94. The summed E-state index contributed by atoms with van der Waals surface area (Å²) >= 11 is 9.26. The van der Waals surface area contributed by atoms with Gasteiger partial charge in [-0.3, -0.25) is 14.4 Å². The molecule has 4 rings (SSSR count). The minimum Gasteiger partial charge on any atom is -0.508 e. The predicted molar refractivity (Wildman–Crippen MR) is 250 cm³/mol. The largest absolute Gasteiger partial charge is 0.508 e. The second kappa shape index (κ2) is 29.1. The molecule has 5 nitrogen and oxygen atoms in total. The Morgan fingerprint density at radius 1 is 0.436 bits per heavy atom. The zero-order chi connectivity index (χ0) is 40.3. The molecule has 0 fully saturated rings. The van der Waals surface area contributed by atoms with Crippen LogP contribution >= 0.6 is 70.6 Å². The minimum absolute atomic E-state index is 0.0207. The number of carbonyl (C=O) groups excluding carboxylic acids is 3. The summed E-state index contributed by atoms with van der Waals surface area (Å²) in [7, 11) is 0. The molecule has 0 atom stereocenters. The number of thioether (sulfide) groups is 6. The number of aromatic hydroxyl groups is 2. The van der Waals surface area contributed by atoms with Crippen molar-refractivity contribution in [2.75, 3.05) is 34.5 Å². The van der Waals surface area contributed by atoms with E-state index in [1.54, 1.807) is 66.5 Å². The summed E-state index contributed by atoms with van der Waals surface area (Å²) in [4.78, 5) is 37.5. The van der Waals surface area contributed by atoms with E-state index in [1.165, 1.54) is 53.0 Å². The molecule has 0 spiro atoms. The normalized spacial score (nSPS) is 10.2. The van der Waals surface area contributed by atoms with Crippen molar-refractivity contribution in [3.05, 3.63) is 156 Å². The second-order valence-electron chi connectivity index (χ2n) is 11.6. The minimum atomic E-state index is 0.0207. The molecule has 0 aliphatic rings. The Morgan fingerprint density at radius 3 is 1.18 bits per heavy atom. The number of rotatable bonds is 19. The Bertz CT molecular complexity index is 1630. The van der Waals surface area contributed by atoms with Crippen LogP contribution in [0.1, 0.15) is 65.0 Å². The molecule has 2 N–H and O–H groups in total. The molecule has 0 unspecified atom stereocenters. The van der Waals surface area contributed by atoms with Gasteiger partial charge in [0.25, 0.3) is 0 Å². The third kappa shape index (κ3) is 22.8. The average Bonchev–Trinajstić information content (AvgIpc) is 3.18. The Hall–Kier alpha value is -3.19. The van der Waals surface area contributed by atoms with E-state index in [-0.39, 0.29) is 26.8 Å². The lowest BCUT2D eigenvalue weighted by molar-refractivity contribution is -0.109. The molecular formula is C44H50O5S6. The molecule has 0 saturated heterocycles. The average molecular weight is 851 g/mol. The van der Waals surface area contributed by atoms with Crippen LogP contribution in [-0.2, 0) is 4.79 Å². The van der Waals surface area contributed by atoms with E-state index < -0.39 is 0 Å². The van der Waals surface area contributed by atoms with Crippen LogP contribution in [0, 0.1) is 0 Å². The van der Waals surface area contributed by atoms with Crippen LogP contribution < -0.4 is 0 Å². The molecule has 4 aromatic carbocycles. The first-order chi connectivity index (χ1) is 26.5. The highest BCUT2D eigenvalue weighted by atomic mass is 32.2. The van der Waals surface area contributed by atoms with Gasteiger partial charge in [0.2, 0.25) is 10.2 Å². The highest BCUT2D eigenvalue weighted by Gasteiger charge is 2.08. The van der Waals surface area contributed by atoms with Crippen LogP contribution in [0.25, 0.3) is 9.81 Å². The molecule has 0 saturated carbocycles. The van der Waals surface area contributed by atoms with Gasteiger partial charge in [0.15, 0.2) is 5.12 Å². The lowest BCUT2D eigenvalue weighted by Crippen LogP contribution is -1.95. The van der Waals surface area contributed by atoms with Crippen LogP contribution in [0.5, 0.6) is 11.5 Å². The van der Waals surface area contributed by atoms with Gasteiger partial charge in [-0.1, -0.05) is 128 Å². The zero-order valence-corrected chi connectivity index (χ0v) is 36.3. The summed E-state index contributed by atoms with van der Waals surface area (Å²) in [6.45, 7) is 15.5. The zero-order valence-electron chi connectivity index (χ0n) is 31.4. The fourth-order valence-corrected chi connectivity index (χ4v) is 9.13. The van der Waals surface area contributed by atoms with Crippen molar-refractivity contribution >= 4 is 95.7 Å². The van der Waals surface area contributed by atoms with Crippen molar-refractivity contribution in [1.29, 1.82) is 0 Å². The lowest BCUT2D eigenvalue weighted by atomic mass is 10.2. The summed E-state index contributed by atoms with van der Waals surface area (Å²) in [6, 6.07) is 32.9. The van der Waals surface area contributed by atoms with E-state index in [0.717, 1.165) is 79.6 Å². The molecule has 4 aromatic rings. The fraction of sp³-hybridized carbons (Fsp3) is 0.250. The number of carbonyl (C=O) groups is 3. The van der Waals surface area contributed by atoms with Crippen molar-refractivity contribution in [1.82, 2.24) is 0 Å². The molecule has 0 bridgehead atoms. The fourth-order valence-electron chi connectivity index (χ4n) is 4.14. The van der Waals surface area contributed by atoms with Crippen LogP contribution in [0.15, 0.2) is 134 Å². The monoisotopic (exact) mass is 850 g/mol. The molecule has 292 valence electrons. The van der Waals surface area contributed by atoms with Gasteiger partial charge < -0.3 is 10.2 Å². The standard InChI is InChI=1S/C18H18O3S2.C18H18OS2.C8H14OS2/c1-13(14-3-7-16(19)8-4-14)22-11-2-12-23-18(21)15-5-9-17(20)10-6-15;1-15(16-9-4-2-5-10-16)20-13-8-14-21-18(19)17-11-6-3-7-12-17;1-7(2)10-5-4-6-11-8(3)9/h3-10,19-20H,1-2,11-12H2;2-7,9-12H,1,8,13-14H2;1,4-6H2,2-3H3. The Kier molecular flexibility index (Phi) is 25.4. The Balaban J connectivity index is 0.000000303. The van der Waals surface area contributed by atoms with Crippen LogP contribution in [-0.4, -0.2) is 60.1 Å². The molecule has 0 aromatic heterocycles. The first-order valence-corrected chi connectivity index (χ1v) is 23.5. The van der Waals surface area contributed by atoms with E-state index in [2.05, 4.69) is 31.9 Å². The maximum absolute atomic E-state index is 11.9. The molecule has 55 heavy (non-hydrogen) atoms. The highest BCUT2D eigenvalue weighted by molar-refractivity contribution is 8.14. The SMILES string of the molecule is C=C(C)SCCCSC(C)=O.C=C(SCCCSC(=O)c1ccc(O)cc1)c1ccc(O)cc1.C=C(SCCCSC(=O)c1ccccc1)c1ccccc1. The van der Waals surface area contributed by atoms with E-state index in [0.29, 0.717) is 5.56 Å². The van der Waals surface area contributed by atoms with Crippen molar-refractivity contribution in [2.45, 2.75) is 33.1 Å². The summed E-state index contributed by atoms with van der Waals surface area (Å²) in [5, 5.41) is 18.9. The lowest BCUT2D eigenvalue weighted by Gasteiger charge is -2.06. The highest BCUT2D eigenvalue weighted by Crippen LogP contribution is 2.28. The maximum Gasteiger partial charge on any atom is 0.219 e. The van der Waals surface area contributed by atoms with Gasteiger partial charge in [-0.15, -0.1) is 35.3 Å². The Morgan fingerprint density at radius 2 is 0.764 bits per heavy atom. The second-order valence-corrected chi connectivity index (χ2v) is 18.8. The molecule has 0 heterocycles. The topological polar surface area (TPSA) is 91.7 Å². The van der Waals surface area contributed by atoms with Gasteiger partial charge in [-0.05, 0) is 95.9 Å². The predicted octanol–water partition coefficient (Wildman–Crippen LogP) is 13.0. The molecule has 0 aliphatic heterocycles. The first-order valence-electron chi connectivity index (χ1n) is 17.5. The van der Waals surface area contributed by atoms with Crippen LogP contribution in [0.4, 0.5) is 0 Å². The molecule has 0 aliphatic carbocycles. The van der Waals surface area contributed by atoms with Gasteiger partial charge in [0, 0.05) is 45.1 Å². The first kappa shape index (κ1) is 48.0. The van der Waals surface area contributed by atoms with Gasteiger partial charge in [0.1, 0.15) is 11.5 Å². The molecule has 11 heteroatoms. The van der Waals surface area contributed by atoms with Gasteiger partial charge in [0.05, 0.1) is 0 Å². The summed E-state index contributed by atoms with van der Waals surface area (Å²) in [5.74, 6) is 5.90. The van der Waals surface area contributed by atoms with Crippen molar-refractivity contribution in [3.8, 4) is 11.5 Å². The number of phenols is 2. The number of benzene rings is 4. The molecular weight excluding hydrogens is 801 g/mol. The van der Waals surface area contributed by atoms with E-state index in [9.17, 15) is 24.6 Å². The number of hydrogen-bond acceptors (Lipinski definition) is 11. The number of hydrogen-bond donors (Lipinski definition) is 2. The number of allylic oxidation sites excluding steroid dienone is 1. The van der Waals surface area contributed by atoms with Crippen molar-refractivity contribution in [2.24, 2.45) is 0 Å². The van der Waals surface area contributed by atoms with Crippen LogP contribution in [0.2, 0.25) is 0 Å². The molecule has 0 radical (unpaired) electrons. The third-order valence-corrected chi connectivity index (χ3v) is 13.0. The van der Waals surface area contributed by atoms with E-state index >= 15 is 0 Å². The summed E-state index contributed by atoms with van der Waals surface area (Å²) in [5.41, 5.74) is 3.56. The van der Waals surface area contributed by atoms with Crippen LogP contribution in [0.3, 0.4) is 0 Å². The van der Waals surface area contributed by atoms with Crippen molar-refractivity contribution < 1.29 is 24.6 Å². The smallest absolute Gasteiger partial charge is 0.219 e. The number of phenolic OH excluding ortho intramolecular Hbond substituents is 2. The van der Waals surface area contributed by atoms with Gasteiger partial charge in [-0.25, -0.2) is 0 Å². The summed E-state index contributed by atoms with van der Waals surface area (Å²) < 4.78 is 0. The van der Waals surface area contributed by atoms with E-state index in [4.69, 9.17) is 0 Å². The van der Waals surface area contributed by atoms with Gasteiger partial charge in [-0.2, -0.15) is 0 Å². The van der Waals surface area contributed by atoms with Crippen molar-refractivity contribution in [3.63, 3.8) is 0 Å². The quantitative estimate of drug-likeness (QED) is 0.0884.